The number of amides is 1. The normalized spacial score (nSPS) is 9.95. The van der Waals surface area contributed by atoms with Crippen LogP contribution < -0.4 is 4.90 Å². The molecule has 0 aliphatic heterocycles. The Morgan fingerprint density at radius 2 is 2.14 bits per heavy atom. The molecule has 0 fully saturated rings. The Hall–Kier alpha value is -3.28. The van der Waals surface area contributed by atoms with E-state index in [1.165, 1.54) is 4.90 Å². The van der Waals surface area contributed by atoms with Gasteiger partial charge in [-0.3, -0.25) is 4.79 Å². The summed E-state index contributed by atoms with van der Waals surface area (Å²) in [6.45, 7) is 0.0390. The van der Waals surface area contributed by atoms with Crippen molar-refractivity contribution < 1.29 is 9.72 Å². The van der Waals surface area contributed by atoms with Gasteiger partial charge >= 0.3 is 5.95 Å². The highest BCUT2D eigenvalue weighted by Gasteiger charge is 2.20. The topological polar surface area (TPSA) is 118 Å². The van der Waals surface area contributed by atoms with E-state index in [9.17, 15) is 14.9 Å². The summed E-state index contributed by atoms with van der Waals surface area (Å²) < 4.78 is 1.10. The summed E-state index contributed by atoms with van der Waals surface area (Å²) in [6, 6.07) is 10.9. The smallest absolute Gasteiger partial charge is 0.390 e. The molecule has 2 rings (SSSR count). The molecular weight excluding hydrogens is 288 g/mol. The van der Waals surface area contributed by atoms with E-state index in [1.54, 1.807) is 24.3 Å². The Morgan fingerprint density at radius 3 is 2.73 bits per heavy atom. The first-order chi connectivity index (χ1) is 10.6. The second kappa shape index (κ2) is 6.94. The zero-order chi connectivity index (χ0) is 15.9. The molecule has 0 aliphatic rings. The number of hydrogen-bond acceptors (Lipinski definition) is 6. The maximum atomic E-state index is 12.4. The first-order valence-corrected chi connectivity index (χ1v) is 6.38. The predicted molar refractivity (Wildman–Crippen MR) is 75.7 cm³/mol. The van der Waals surface area contributed by atoms with Crippen LogP contribution in [0.3, 0.4) is 0 Å². The number of carbonyl (C=O) groups excluding carboxylic acids is 1. The van der Waals surface area contributed by atoms with Crippen LogP contribution in [-0.2, 0) is 11.3 Å². The Labute approximate surface area is 125 Å². The molecule has 0 unspecified atom stereocenters. The number of carbonyl (C=O) groups is 1. The number of aromatic nitrogens is 3. The number of benzene rings is 1. The van der Waals surface area contributed by atoms with Crippen LogP contribution in [0.15, 0.2) is 36.7 Å². The van der Waals surface area contributed by atoms with E-state index in [-0.39, 0.29) is 25.4 Å². The van der Waals surface area contributed by atoms with Crippen LogP contribution in [0, 0.1) is 21.4 Å². The minimum atomic E-state index is -0.731. The number of nitriles is 1. The van der Waals surface area contributed by atoms with Crippen LogP contribution in [-0.4, -0.2) is 32.1 Å². The molecule has 0 saturated carbocycles. The number of anilines is 1. The number of para-hydroxylation sites is 1. The summed E-state index contributed by atoms with van der Waals surface area (Å²) in [4.78, 5) is 27.1. The molecule has 0 saturated heterocycles. The summed E-state index contributed by atoms with van der Waals surface area (Å²) in [5.41, 5.74) is 0.650. The fourth-order valence-electron chi connectivity index (χ4n) is 1.84. The molecule has 1 amide bonds. The van der Waals surface area contributed by atoms with Crippen molar-refractivity contribution in [3.8, 4) is 6.07 Å². The van der Waals surface area contributed by atoms with Crippen LogP contribution in [0.1, 0.15) is 6.42 Å². The molecule has 0 bridgehead atoms. The minimum Gasteiger partial charge on any atom is -0.390 e. The van der Waals surface area contributed by atoms with Crippen molar-refractivity contribution in [2.45, 2.75) is 13.0 Å². The summed E-state index contributed by atoms with van der Waals surface area (Å²) in [7, 11) is 0. The van der Waals surface area contributed by atoms with Crippen molar-refractivity contribution in [1.82, 2.24) is 14.8 Å². The van der Waals surface area contributed by atoms with Gasteiger partial charge in [-0.2, -0.15) is 9.94 Å². The number of hydrogen-bond donors (Lipinski definition) is 0. The predicted octanol–water partition coefficient (Wildman–Crippen LogP) is 1.13. The van der Waals surface area contributed by atoms with Crippen molar-refractivity contribution in [3.05, 3.63) is 46.8 Å². The standard InChI is InChI=1S/C13H12N6O3/c14-7-4-8-18(11-5-2-1-3-6-11)12(20)9-17-10-15-13(16-17)19(21)22/h1-3,5-6,10H,4,8-9H2. The van der Waals surface area contributed by atoms with Crippen molar-refractivity contribution in [2.24, 2.45) is 0 Å². The average Bonchev–Trinajstić information content (AvgIpc) is 2.97. The third kappa shape index (κ3) is 3.63. The highest BCUT2D eigenvalue weighted by Crippen LogP contribution is 2.14. The van der Waals surface area contributed by atoms with E-state index < -0.39 is 10.9 Å². The Bertz CT molecular complexity index is 706. The van der Waals surface area contributed by atoms with Crippen molar-refractivity contribution in [3.63, 3.8) is 0 Å². The fourth-order valence-corrected chi connectivity index (χ4v) is 1.84. The third-order valence-corrected chi connectivity index (χ3v) is 2.80. The van der Waals surface area contributed by atoms with Crippen molar-refractivity contribution in [2.75, 3.05) is 11.4 Å². The van der Waals surface area contributed by atoms with Gasteiger partial charge in [-0.25, -0.2) is 0 Å². The molecule has 1 heterocycles. The van der Waals surface area contributed by atoms with Gasteiger partial charge in [0, 0.05) is 17.3 Å². The van der Waals surface area contributed by atoms with Gasteiger partial charge in [0.1, 0.15) is 6.54 Å². The van der Waals surface area contributed by atoms with Gasteiger partial charge in [-0.15, -0.1) is 0 Å². The molecular formula is C13H12N6O3. The molecule has 0 N–H and O–H groups in total. The van der Waals surface area contributed by atoms with E-state index in [0.717, 1.165) is 11.0 Å². The molecule has 1 aromatic heterocycles. The average molecular weight is 300 g/mol. The van der Waals surface area contributed by atoms with Crippen LogP contribution in [0.5, 0.6) is 0 Å². The van der Waals surface area contributed by atoms with Gasteiger partial charge in [0.05, 0.1) is 12.5 Å². The molecule has 0 radical (unpaired) electrons. The largest absolute Gasteiger partial charge is 0.490 e. The van der Waals surface area contributed by atoms with E-state index in [1.807, 2.05) is 12.1 Å². The van der Waals surface area contributed by atoms with E-state index in [0.29, 0.717) is 5.69 Å². The molecule has 9 nitrogen and oxygen atoms in total. The van der Waals surface area contributed by atoms with Crippen LogP contribution in [0.25, 0.3) is 0 Å². The van der Waals surface area contributed by atoms with E-state index in [2.05, 4.69) is 10.1 Å². The van der Waals surface area contributed by atoms with Gasteiger partial charge in [-0.05, 0) is 17.1 Å². The SMILES string of the molecule is N#CCCN(C(=O)Cn1cnc([N+](=O)[O-])n1)c1ccccc1. The van der Waals surface area contributed by atoms with Gasteiger partial charge < -0.3 is 15.0 Å². The Kier molecular flexibility index (Phi) is 4.77. The number of nitro groups is 1. The lowest BCUT2D eigenvalue weighted by Crippen LogP contribution is -2.34. The Morgan fingerprint density at radius 1 is 1.41 bits per heavy atom. The monoisotopic (exact) mass is 300 g/mol. The van der Waals surface area contributed by atoms with Gasteiger partial charge in [-0.1, -0.05) is 23.2 Å². The van der Waals surface area contributed by atoms with Gasteiger partial charge in [0.25, 0.3) is 0 Å². The molecule has 22 heavy (non-hydrogen) atoms. The Balaban J connectivity index is 2.14. The van der Waals surface area contributed by atoms with E-state index in [4.69, 9.17) is 5.26 Å². The molecule has 2 aromatic rings. The molecule has 0 aliphatic carbocycles. The van der Waals surface area contributed by atoms with Crippen LogP contribution in [0.4, 0.5) is 11.6 Å². The van der Waals surface area contributed by atoms with Crippen molar-refractivity contribution in [1.29, 1.82) is 5.26 Å². The van der Waals surface area contributed by atoms with Crippen LogP contribution >= 0.6 is 0 Å². The number of nitrogens with zero attached hydrogens (tertiary/aromatic N) is 6. The second-order valence-electron chi connectivity index (χ2n) is 4.29. The first-order valence-electron chi connectivity index (χ1n) is 6.38. The van der Waals surface area contributed by atoms with Crippen molar-refractivity contribution >= 4 is 17.5 Å². The lowest BCUT2D eigenvalue weighted by molar-refractivity contribution is -0.394. The zero-order valence-electron chi connectivity index (χ0n) is 11.5. The lowest BCUT2D eigenvalue weighted by Gasteiger charge is -2.21. The molecule has 0 atom stereocenters. The highest BCUT2D eigenvalue weighted by atomic mass is 16.6. The lowest BCUT2D eigenvalue weighted by atomic mass is 10.2. The fraction of sp³-hybridized carbons (Fsp3) is 0.231. The second-order valence-corrected chi connectivity index (χ2v) is 4.29. The minimum absolute atomic E-state index is 0.179. The maximum absolute atomic E-state index is 12.4. The maximum Gasteiger partial charge on any atom is 0.490 e. The highest BCUT2D eigenvalue weighted by molar-refractivity contribution is 5.93. The van der Waals surface area contributed by atoms with E-state index >= 15 is 0 Å². The summed E-state index contributed by atoms with van der Waals surface area (Å²) in [6.07, 6.45) is 1.31. The first kappa shape index (κ1) is 15.1. The molecule has 1 aromatic carbocycles. The molecule has 9 heteroatoms. The number of rotatable bonds is 6. The summed E-state index contributed by atoms with van der Waals surface area (Å²) in [5.74, 6) is -0.891. The summed E-state index contributed by atoms with van der Waals surface area (Å²) >= 11 is 0. The van der Waals surface area contributed by atoms with Crippen LogP contribution in [0.2, 0.25) is 0 Å². The zero-order valence-corrected chi connectivity index (χ0v) is 11.5. The molecule has 0 spiro atoms. The summed E-state index contributed by atoms with van der Waals surface area (Å²) in [5, 5.41) is 22.8. The quantitative estimate of drug-likeness (QED) is 0.583. The molecule has 112 valence electrons. The third-order valence-electron chi connectivity index (χ3n) is 2.80. The van der Waals surface area contributed by atoms with Gasteiger partial charge in [0.2, 0.25) is 12.2 Å². The van der Waals surface area contributed by atoms with Gasteiger partial charge in [0.15, 0.2) is 0 Å².